The van der Waals surface area contributed by atoms with E-state index in [0.717, 1.165) is 25.3 Å². The molecular formula is C24H39F3O. The summed E-state index contributed by atoms with van der Waals surface area (Å²) in [6.45, 7) is 10.2. The second kappa shape index (κ2) is 11.2. The quantitative estimate of drug-likeness (QED) is 0.357. The number of hydrogen-bond acceptors (Lipinski definition) is 1. The number of hydrogen-bond donors (Lipinski definition) is 1. The molecule has 0 aliphatic rings. The summed E-state index contributed by atoms with van der Waals surface area (Å²) in [4.78, 5) is 0. The van der Waals surface area contributed by atoms with E-state index in [0.29, 0.717) is 12.0 Å². The van der Waals surface area contributed by atoms with E-state index in [2.05, 4.69) is 6.92 Å². The topological polar surface area (TPSA) is 20.2 Å². The van der Waals surface area contributed by atoms with Crippen LogP contribution in [0.25, 0.3) is 0 Å². The van der Waals surface area contributed by atoms with Crippen molar-refractivity contribution in [3.8, 4) is 0 Å². The number of halogens is 3. The molecule has 0 amide bonds. The first-order valence-electron chi connectivity index (χ1n) is 10.9. The smallest absolute Gasteiger partial charge is 0.389 e. The predicted molar refractivity (Wildman–Crippen MR) is 111 cm³/mol. The lowest BCUT2D eigenvalue weighted by molar-refractivity contribution is -0.137. The molecule has 1 nitrogen and oxygen atoms in total. The van der Waals surface area contributed by atoms with Crippen LogP contribution in [-0.2, 0) is 12.6 Å². The summed E-state index contributed by atoms with van der Waals surface area (Å²) in [5, 5.41) is 11.5. The Morgan fingerprint density at radius 3 is 2.00 bits per heavy atom. The first-order chi connectivity index (χ1) is 13.0. The maximum Gasteiger partial charge on any atom is 0.416 e. The van der Waals surface area contributed by atoms with Gasteiger partial charge in [-0.15, -0.1) is 0 Å². The highest BCUT2D eigenvalue weighted by Crippen LogP contribution is 2.39. The number of benzene rings is 1. The van der Waals surface area contributed by atoms with Crippen LogP contribution in [0.2, 0.25) is 0 Å². The third kappa shape index (κ3) is 7.09. The van der Waals surface area contributed by atoms with Crippen LogP contribution in [0, 0.1) is 17.8 Å². The van der Waals surface area contributed by atoms with Crippen molar-refractivity contribution < 1.29 is 18.3 Å². The van der Waals surface area contributed by atoms with Crippen LogP contribution in [0.5, 0.6) is 0 Å². The summed E-state index contributed by atoms with van der Waals surface area (Å²) >= 11 is 0. The van der Waals surface area contributed by atoms with Gasteiger partial charge in [-0.1, -0.05) is 91.3 Å². The summed E-state index contributed by atoms with van der Waals surface area (Å²) in [5.74, 6) is 0.0361. The molecule has 1 atom stereocenters. The van der Waals surface area contributed by atoms with Gasteiger partial charge in [0.15, 0.2) is 0 Å². The van der Waals surface area contributed by atoms with Gasteiger partial charge in [0.1, 0.15) is 0 Å². The molecule has 0 fully saturated rings. The summed E-state index contributed by atoms with van der Waals surface area (Å²) in [5.41, 5.74) is -0.844. The zero-order valence-corrected chi connectivity index (χ0v) is 18.3. The number of rotatable bonds is 12. The van der Waals surface area contributed by atoms with Gasteiger partial charge in [-0.2, -0.15) is 13.2 Å². The number of unbranched alkanes of at least 4 members (excludes halogenated alkanes) is 5. The van der Waals surface area contributed by atoms with Gasteiger partial charge in [-0.05, 0) is 42.2 Å². The Morgan fingerprint density at radius 1 is 0.893 bits per heavy atom. The second-order valence-corrected chi connectivity index (χ2v) is 8.85. The van der Waals surface area contributed by atoms with Crippen LogP contribution in [0.15, 0.2) is 24.3 Å². The van der Waals surface area contributed by atoms with Crippen LogP contribution in [0.3, 0.4) is 0 Å². The Hall–Kier alpha value is -1.03. The largest absolute Gasteiger partial charge is 0.416 e. The highest BCUT2D eigenvalue weighted by Gasteiger charge is 2.42. The number of aliphatic hydroxyl groups is 1. The Bertz CT molecular complexity index is 555. The first kappa shape index (κ1) is 25.0. The maximum atomic E-state index is 13.1. The van der Waals surface area contributed by atoms with Crippen molar-refractivity contribution in [3.05, 3.63) is 35.4 Å². The van der Waals surface area contributed by atoms with E-state index < -0.39 is 17.3 Å². The summed E-state index contributed by atoms with van der Waals surface area (Å²) in [6, 6.07) is 5.59. The molecule has 1 unspecified atom stereocenters. The minimum Gasteiger partial charge on any atom is -0.389 e. The average molecular weight is 401 g/mol. The molecule has 4 heteroatoms. The standard InChI is InChI=1S/C24H39F3O/c1-6-7-8-9-10-11-14-21(23(28,18(2)3)19(4)5)16-20-13-12-15-22(17-20)24(25,26)27/h12-13,15,17-19,21,28H,6-11,14,16H2,1-5H3. The summed E-state index contributed by atoms with van der Waals surface area (Å²) < 4.78 is 39.3. The zero-order chi connectivity index (χ0) is 21.4. The number of alkyl halides is 3. The normalized spacial score (nSPS) is 14.1. The van der Waals surface area contributed by atoms with Gasteiger partial charge in [0.25, 0.3) is 0 Å². The van der Waals surface area contributed by atoms with Crippen LogP contribution in [0.1, 0.15) is 90.7 Å². The van der Waals surface area contributed by atoms with Crippen LogP contribution >= 0.6 is 0 Å². The highest BCUT2D eigenvalue weighted by atomic mass is 19.4. The van der Waals surface area contributed by atoms with Crippen molar-refractivity contribution in [2.45, 2.75) is 97.8 Å². The van der Waals surface area contributed by atoms with Crippen LogP contribution in [-0.4, -0.2) is 10.7 Å². The van der Waals surface area contributed by atoms with Gasteiger partial charge in [0.2, 0.25) is 0 Å². The molecular weight excluding hydrogens is 361 g/mol. The van der Waals surface area contributed by atoms with Crippen molar-refractivity contribution in [1.82, 2.24) is 0 Å². The molecule has 0 aromatic heterocycles. The van der Waals surface area contributed by atoms with Gasteiger partial charge < -0.3 is 5.11 Å². The van der Waals surface area contributed by atoms with Crippen LogP contribution in [0.4, 0.5) is 13.2 Å². The molecule has 0 bridgehead atoms. The first-order valence-corrected chi connectivity index (χ1v) is 10.9. The van der Waals surface area contributed by atoms with Gasteiger partial charge in [-0.25, -0.2) is 0 Å². The average Bonchev–Trinajstić information content (AvgIpc) is 2.62. The molecule has 162 valence electrons. The SMILES string of the molecule is CCCCCCCCC(Cc1cccc(C(F)(F)F)c1)C(O)(C(C)C)C(C)C. The molecule has 0 saturated carbocycles. The minimum atomic E-state index is -4.34. The van der Waals surface area contributed by atoms with Crippen molar-refractivity contribution in [2.24, 2.45) is 17.8 Å². The molecule has 1 aromatic rings. The lowest BCUT2D eigenvalue weighted by atomic mass is 9.67. The minimum absolute atomic E-state index is 0.0448. The molecule has 1 N–H and O–H groups in total. The zero-order valence-electron chi connectivity index (χ0n) is 18.3. The Morgan fingerprint density at radius 2 is 1.46 bits per heavy atom. The van der Waals surface area contributed by atoms with Gasteiger partial charge >= 0.3 is 6.18 Å². The van der Waals surface area contributed by atoms with E-state index in [1.807, 2.05) is 27.7 Å². The van der Waals surface area contributed by atoms with Crippen LogP contribution < -0.4 is 0 Å². The van der Waals surface area contributed by atoms with E-state index in [4.69, 9.17) is 0 Å². The van der Waals surface area contributed by atoms with E-state index >= 15 is 0 Å². The molecule has 1 rings (SSSR count). The Labute approximate surface area is 169 Å². The highest BCUT2D eigenvalue weighted by molar-refractivity contribution is 5.26. The second-order valence-electron chi connectivity index (χ2n) is 8.85. The molecule has 0 spiro atoms. The molecule has 0 aliphatic heterocycles. The van der Waals surface area contributed by atoms with E-state index in [1.54, 1.807) is 6.07 Å². The fourth-order valence-electron chi connectivity index (χ4n) is 4.44. The van der Waals surface area contributed by atoms with E-state index in [1.165, 1.54) is 37.8 Å². The molecule has 1 aromatic carbocycles. The third-order valence-electron chi connectivity index (χ3n) is 6.15. The van der Waals surface area contributed by atoms with Crippen molar-refractivity contribution in [2.75, 3.05) is 0 Å². The maximum absolute atomic E-state index is 13.1. The summed E-state index contributed by atoms with van der Waals surface area (Å²) in [6.07, 6.45) is 3.98. The van der Waals surface area contributed by atoms with Gasteiger partial charge in [-0.3, -0.25) is 0 Å². The molecule has 0 radical (unpaired) electrons. The fourth-order valence-corrected chi connectivity index (χ4v) is 4.44. The van der Waals surface area contributed by atoms with E-state index in [9.17, 15) is 18.3 Å². The van der Waals surface area contributed by atoms with Crippen molar-refractivity contribution in [1.29, 1.82) is 0 Å². The molecule has 0 saturated heterocycles. The monoisotopic (exact) mass is 400 g/mol. The third-order valence-corrected chi connectivity index (χ3v) is 6.15. The van der Waals surface area contributed by atoms with Crippen molar-refractivity contribution >= 4 is 0 Å². The molecule has 0 heterocycles. The predicted octanol–water partition coefficient (Wildman–Crippen LogP) is 7.66. The Kier molecular flexibility index (Phi) is 10.0. The molecule has 28 heavy (non-hydrogen) atoms. The lowest BCUT2D eigenvalue weighted by Crippen LogP contribution is -2.48. The summed E-state index contributed by atoms with van der Waals surface area (Å²) in [7, 11) is 0. The lowest BCUT2D eigenvalue weighted by Gasteiger charge is -2.43. The van der Waals surface area contributed by atoms with Crippen molar-refractivity contribution in [3.63, 3.8) is 0 Å². The van der Waals surface area contributed by atoms with Gasteiger partial charge in [0, 0.05) is 0 Å². The Balaban J connectivity index is 2.97. The van der Waals surface area contributed by atoms with E-state index in [-0.39, 0.29) is 17.8 Å². The fraction of sp³-hybridized carbons (Fsp3) is 0.750. The molecule has 0 aliphatic carbocycles. The van der Waals surface area contributed by atoms with Gasteiger partial charge in [0.05, 0.1) is 11.2 Å².